The van der Waals surface area contributed by atoms with E-state index in [4.69, 9.17) is 4.74 Å². The Morgan fingerprint density at radius 3 is 2.37 bits per heavy atom. The quantitative estimate of drug-likeness (QED) is 0.394. The van der Waals surface area contributed by atoms with E-state index in [0.717, 1.165) is 5.56 Å². The zero-order chi connectivity index (χ0) is 21.9. The van der Waals surface area contributed by atoms with Crippen molar-refractivity contribution in [3.05, 3.63) is 81.4 Å². The van der Waals surface area contributed by atoms with Crippen molar-refractivity contribution < 1.29 is 22.9 Å². The number of esters is 1. The maximum Gasteiger partial charge on any atom is 0.335 e. The monoisotopic (exact) mass is 430 g/mol. The number of sulfonamides is 1. The van der Waals surface area contributed by atoms with Crippen LogP contribution in [0.15, 0.2) is 65.1 Å². The summed E-state index contributed by atoms with van der Waals surface area (Å²) in [5, 5.41) is 10.9. The summed E-state index contributed by atoms with van der Waals surface area (Å²) in [5.41, 5.74) is 1.72. The van der Waals surface area contributed by atoms with Crippen LogP contribution < -0.4 is 0 Å². The molecule has 0 radical (unpaired) electrons. The first-order valence-corrected chi connectivity index (χ1v) is 10.9. The van der Waals surface area contributed by atoms with Crippen molar-refractivity contribution in [2.45, 2.75) is 31.2 Å². The number of nitrogens with zero attached hydrogens (tertiary/aromatic N) is 2. The number of carbonyl (C=O) groups excluding carboxylic acids is 1. The minimum Gasteiger partial charge on any atom is -0.463 e. The average Bonchev–Trinajstić information content (AvgIpc) is 2.74. The summed E-state index contributed by atoms with van der Waals surface area (Å²) in [6, 6.07) is 11.6. The van der Waals surface area contributed by atoms with E-state index in [-0.39, 0.29) is 35.7 Å². The van der Waals surface area contributed by atoms with Gasteiger partial charge in [-0.05, 0) is 38.0 Å². The molecule has 1 aliphatic heterocycles. The topological polar surface area (TPSA) is 107 Å². The van der Waals surface area contributed by atoms with E-state index >= 15 is 0 Å². The molecule has 30 heavy (non-hydrogen) atoms. The van der Waals surface area contributed by atoms with Crippen LogP contribution in [0.2, 0.25) is 0 Å². The maximum absolute atomic E-state index is 13.4. The van der Waals surface area contributed by atoms with Gasteiger partial charge in [-0.15, -0.1) is 0 Å². The molecule has 0 saturated carbocycles. The average molecular weight is 430 g/mol. The number of hydrogen-bond acceptors (Lipinski definition) is 6. The van der Waals surface area contributed by atoms with Gasteiger partial charge >= 0.3 is 5.97 Å². The Morgan fingerprint density at radius 2 is 1.80 bits per heavy atom. The summed E-state index contributed by atoms with van der Waals surface area (Å²) in [6.45, 7) is 3.59. The van der Waals surface area contributed by atoms with E-state index in [1.807, 2.05) is 6.92 Å². The minimum absolute atomic E-state index is 0.0785. The summed E-state index contributed by atoms with van der Waals surface area (Å²) in [7, 11) is -3.93. The fourth-order valence-corrected chi connectivity index (χ4v) is 4.91. The second-order valence-corrected chi connectivity index (χ2v) is 8.80. The highest BCUT2D eigenvalue weighted by atomic mass is 32.2. The number of aryl methyl sites for hydroxylation is 1. The molecule has 158 valence electrons. The van der Waals surface area contributed by atoms with Crippen molar-refractivity contribution in [1.29, 1.82) is 0 Å². The van der Waals surface area contributed by atoms with Crippen LogP contribution in [0.1, 0.15) is 30.5 Å². The van der Waals surface area contributed by atoms with Crippen LogP contribution in [0.3, 0.4) is 0 Å². The fraction of sp³-hybridized carbons (Fsp3) is 0.286. The van der Waals surface area contributed by atoms with E-state index < -0.39 is 27.0 Å². The zero-order valence-electron chi connectivity index (χ0n) is 16.6. The Hall–Kier alpha value is -3.04. The van der Waals surface area contributed by atoms with Crippen molar-refractivity contribution in [3.63, 3.8) is 0 Å². The molecule has 3 rings (SSSR count). The van der Waals surface area contributed by atoms with E-state index in [1.165, 1.54) is 28.6 Å². The van der Waals surface area contributed by atoms with E-state index in [2.05, 4.69) is 0 Å². The van der Waals surface area contributed by atoms with Gasteiger partial charge in [0, 0.05) is 24.3 Å². The van der Waals surface area contributed by atoms with Gasteiger partial charge in [-0.25, -0.2) is 13.2 Å². The first kappa shape index (κ1) is 21.7. The van der Waals surface area contributed by atoms with Crippen molar-refractivity contribution in [3.8, 4) is 0 Å². The predicted octanol–water partition coefficient (Wildman–Crippen LogP) is 3.53. The standard InChI is InChI=1S/C21H22N2O6S/c1-3-29-21(24)17-8-13-20(16-6-9-18(10-7-16)23(25)26)22(14-17)30(27,28)19-11-4-15(2)5-12-19/h4-12,20H,3,13-14H2,1-2H3/t20-/m0/s1. The Balaban J connectivity index is 2.03. The number of benzene rings is 2. The third kappa shape index (κ3) is 4.42. The number of ether oxygens (including phenoxy) is 1. The molecule has 0 aliphatic carbocycles. The second-order valence-electron chi connectivity index (χ2n) is 6.91. The molecular formula is C21H22N2O6S. The molecule has 0 unspecified atom stereocenters. The van der Waals surface area contributed by atoms with Crippen LogP contribution in [-0.2, 0) is 19.6 Å². The molecule has 0 saturated heterocycles. The molecule has 2 aromatic carbocycles. The second kappa shape index (κ2) is 8.76. The van der Waals surface area contributed by atoms with Gasteiger partial charge in [0.2, 0.25) is 10.0 Å². The first-order valence-electron chi connectivity index (χ1n) is 9.43. The fourth-order valence-electron chi connectivity index (χ4n) is 3.30. The molecular weight excluding hydrogens is 408 g/mol. The summed E-state index contributed by atoms with van der Waals surface area (Å²) < 4.78 is 33.1. The third-order valence-corrected chi connectivity index (χ3v) is 6.78. The number of hydrogen-bond donors (Lipinski definition) is 0. The Kier molecular flexibility index (Phi) is 6.33. The molecule has 8 nitrogen and oxygen atoms in total. The Labute approximate surface area is 175 Å². The molecule has 2 aromatic rings. The molecule has 0 aromatic heterocycles. The highest BCUT2D eigenvalue weighted by Gasteiger charge is 2.37. The first-order chi connectivity index (χ1) is 14.2. The molecule has 1 heterocycles. The van der Waals surface area contributed by atoms with Gasteiger partial charge in [0.15, 0.2) is 0 Å². The van der Waals surface area contributed by atoms with Gasteiger partial charge in [0.25, 0.3) is 5.69 Å². The van der Waals surface area contributed by atoms with Gasteiger partial charge in [0.05, 0.1) is 22.5 Å². The summed E-state index contributed by atoms with van der Waals surface area (Å²) in [6.07, 6.45) is 1.92. The van der Waals surface area contributed by atoms with Crippen LogP contribution in [-0.4, -0.2) is 36.8 Å². The lowest BCUT2D eigenvalue weighted by Gasteiger charge is -2.34. The molecule has 0 bridgehead atoms. The summed E-state index contributed by atoms with van der Waals surface area (Å²) in [4.78, 5) is 22.8. The number of carbonyl (C=O) groups is 1. The van der Waals surface area contributed by atoms with Gasteiger partial charge in [0.1, 0.15) is 0 Å². The third-order valence-electron chi connectivity index (χ3n) is 4.92. The highest BCUT2D eigenvalue weighted by Crippen LogP contribution is 2.35. The predicted molar refractivity (Wildman–Crippen MR) is 110 cm³/mol. The molecule has 1 aliphatic rings. The van der Waals surface area contributed by atoms with Crippen molar-refractivity contribution in [1.82, 2.24) is 4.31 Å². The van der Waals surface area contributed by atoms with Crippen LogP contribution in [0, 0.1) is 17.0 Å². The van der Waals surface area contributed by atoms with E-state index in [1.54, 1.807) is 37.3 Å². The number of rotatable bonds is 6. The highest BCUT2D eigenvalue weighted by molar-refractivity contribution is 7.89. The smallest absolute Gasteiger partial charge is 0.335 e. The lowest BCUT2D eigenvalue weighted by molar-refractivity contribution is -0.384. The molecule has 0 amide bonds. The SMILES string of the molecule is CCOC(=O)C1=CC[C@@H](c2ccc([N+](=O)[O-])cc2)N(S(=O)(=O)c2ccc(C)cc2)C1. The Morgan fingerprint density at radius 1 is 1.17 bits per heavy atom. The lowest BCUT2D eigenvalue weighted by atomic mass is 9.98. The summed E-state index contributed by atoms with van der Waals surface area (Å²) >= 11 is 0. The molecule has 0 spiro atoms. The molecule has 0 fully saturated rings. The molecule has 1 atom stereocenters. The van der Waals surface area contributed by atoms with Crippen LogP contribution >= 0.6 is 0 Å². The largest absolute Gasteiger partial charge is 0.463 e. The molecule has 0 N–H and O–H groups in total. The van der Waals surface area contributed by atoms with Crippen molar-refractivity contribution >= 4 is 21.7 Å². The minimum atomic E-state index is -3.93. The zero-order valence-corrected chi connectivity index (χ0v) is 17.5. The number of nitro groups is 1. The number of nitro benzene ring substituents is 1. The van der Waals surface area contributed by atoms with Gasteiger partial charge < -0.3 is 4.74 Å². The van der Waals surface area contributed by atoms with Crippen LogP contribution in [0.25, 0.3) is 0 Å². The molecule has 9 heteroatoms. The van der Waals surface area contributed by atoms with E-state index in [9.17, 15) is 23.3 Å². The number of non-ortho nitro benzene ring substituents is 1. The van der Waals surface area contributed by atoms with Gasteiger partial charge in [-0.3, -0.25) is 10.1 Å². The van der Waals surface area contributed by atoms with Gasteiger partial charge in [-0.2, -0.15) is 4.31 Å². The summed E-state index contributed by atoms with van der Waals surface area (Å²) in [5.74, 6) is -0.552. The van der Waals surface area contributed by atoms with Crippen molar-refractivity contribution in [2.24, 2.45) is 0 Å². The van der Waals surface area contributed by atoms with Gasteiger partial charge in [-0.1, -0.05) is 35.9 Å². The lowest BCUT2D eigenvalue weighted by Crippen LogP contribution is -2.40. The Bertz CT molecular complexity index is 1080. The normalized spacial score (nSPS) is 17.3. The van der Waals surface area contributed by atoms with Crippen molar-refractivity contribution in [2.75, 3.05) is 13.2 Å². The maximum atomic E-state index is 13.4. The van der Waals surface area contributed by atoms with Crippen LogP contribution in [0.4, 0.5) is 5.69 Å². The van der Waals surface area contributed by atoms with Crippen LogP contribution in [0.5, 0.6) is 0 Å². The van der Waals surface area contributed by atoms with E-state index in [0.29, 0.717) is 5.56 Å².